The van der Waals surface area contributed by atoms with Gasteiger partial charge in [0.15, 0.2) is 12.3 Å². The van der Waals surface area contributed by atoms with Crippen molar-refractivity contribution in [2.75, 3.05) is 13.3 Å². The third kappa shape index (κ3) is 2.14. The van der Waals surface area contributed by atoms with Crippen molar-refractivity contribution in [3.63, 3.8) is 0 Å². The summed E-state index contributed by atoms with van der Waals surface area (Å²) >= 11 is 0. The van der Waals surface area contributed by atoms with Gasteiger partial charge in [-0.3, -0.25) is 0 Å². The molecule has 0 radical (unpaired) electrons. The Morgan fingerprint density at radius 2 is 1.12 bits per heavy atom. The van der Waals surface area contributed by atoms with Crippen LogP contribution in [-0.4, -0.2) is 25.7 Å². The summed E-state index contributed by atoms with van der Waals surface area (Å²) < 4.78 is 45.2. The zero-order valence-electron chi connectivity index (χ0n) is 4.08. The Balaban J connectivity index is 3.29. The lowest BCUT2D eigenvalue weighted by atomic mass is 10.3. The Morgan fingerprint density at radius 1 is 0.875 bits per heavy atom. The van der Waals surface area contributed by atoms with Gasteiger partial charge in [0.1, 0.15) is 13.3 Å². The molecular formula is C4H6F4. The SMILES string of the molecule is FCC(F)C(F)CF. The van der Waals surface area contributed by atoms with E-state index in [9.17, 15) is 17.6 Å². The highest BCUT2D eigenvalue weighted by Crippen LogP contribution is 2.04. The van der Waals surface area contributed by atoms with Crippen molar-refractivity contribution < 1.29 is 17.6 Å². The van der Waals surface area contributed by atoms with Gasteiger partial charge in [-0.15, -0.1) is 0 Å². The van der Waals surface area contributed by atoms with Gasteiger partial charge in [-0.2, -0.15) is 0 Å². The molecule has 0 aliphatic rings. The summed E-state index contributed by atoms with van der Waals surface area (Å²) in [5.74, 6) is 0. The summed E-state index contributed by atoms with van der Waals surface area (Å²) in [5.41, 5.74) is 0. The van der Waals surface area contributed by atoms with E-state index in [1.54, 1.807) is 0 Å². The van der Waals surface area contributed by atoms with E-state index in [0.29, 0.717) is 0 Å². The van der Waals surface area contributed by atoms with E-state index in [1.807, 2.05) is 0 Å². The number of hydrogen-bond donors (Lipinski definition) is 0. The molecule has 2 atom stereocenters. The molecule has 0 bridgehead atoms. The molecule has 0 nitrogen and oxygen atoms in total. The molecule has 0 aromatic carbocycles. The maximum absolute atomic E-state index is 11.5. The van der Waals surface area contributed by atoms with Gasteiger partial charge in [-0.05, 0) is 0 Å². The molecule has 0 amide bonds. The van der Waals surface area contributed by atoms with E-state index < -0.39 is 25.7 Å². The fourth-order valence-corrected chi connectivity index (χ4v) is 0.193. The van der Waals surface area contributed by atoms with Crippen LogP contribution in [0.15, 0.2) is 0 Å². The van der Waals surface area contributed by atoms with Crippen LogP contribution in [0.3, 0.4) is 0 Å². The molecule has 0 aromatic rings. The summed E-state index contributed by atoms with van der Waals surface area (Å²) in [7, 11) is 0. The zero-order chi connectivity index (χ0) is 6.57. The molecule has 0 saturated heterocycles. The van der Waals surface area contributed by atoms with Gasteiger partial charge in [-0.1, -0.05) is 0 Å². The van der Waals surface area contributed by atoms with Gasteiger partial charge in [0, 0.05) is 0 Å². The molecular weight excluding hydrogens is 124 g/mol. The van der Waals surface area contributed by atoms with Crippen LogP contribution in [0.4, 0.5) is 17.6 Å². The monoisotopic (exact) mass is 130 g/mol. The minimum Gasteiger partial charge on any atom is -0.248 e. The normalized spacial score (nSPS) is 18.0. The molecule has 0 N–H and O–H groups in total. The van der Waals surface area contributed by atoms with Gasteiger partial charge in [0.2, 0.25) is 0 Å². The molecule has 0 aliphatic carbocycles. The van der Waals surface area contributed by atoms with Crippen LogP contribution in [0.2, 0.25) is 0 Å². The van der Waals surface area contributed by atoms with E-state index in [-0.39, 0.29) is 0 Å². The first-order valence-corrected chi connectivity index (χ1v) is 2.12. The fraction of sp³-hybridized carbons (Fsp3) is 1.00. The molecule has 0 aromatic heterocycles. The van der Waals surface area contributed by atoms with Gasteiger partial charge in [0.25, 0.3) is 0 Å². The maximum Gasteiger partial charge on any atom is 0.162 e. The highest BCUT2D eigenvalue weighted by Gasteiger charge is 2.19. The van der Waals surface area contributed by atoms with E-state index in [1.165, 1.54) is 0 Å². The highest BCUT2D eigenvalue weighted by atomic mass is 19.2. The Morgan fingerprint density at radius 3 is 1.25 bits per heavy atom. The van der Waals surface area contributed by atoms with Crippen LogP contribution in [-0.2, 0) is 0 Å². The summed E-state index contributed by atoms with van der Waals surface area (Å²) in [6.07, 6.45) is -4.58. The Labute approximate surface area is 44.5 Å². The molecule has 0 heterocycles. The van der Waals surface area contributed by atoms with Crippen molar-refractivity contribution >= 4 is 0 Å². The molecule has 50 valence electrons. The van der Waals surface area contributed by atoms with Gasteiger partial charge in [0.05, 0.1) is 0 Å². The number of halogens is 4. The van der Waals surface area contributed by atoms with Crippen LogP contribution >= 0.6 is 0 Å². The summed E-state index contributed by atoms with van der Waals surface area (Å²) in [4.78, 5) is 0. The van der Waals surface area contributed by atoms with Gasteiger partial charge in [-0.25, -0.2) is 17.6 Å². The molecule has 2 unspecified atom stereocenters. The van der Waals surface area contributed by atoms with Crippen LogP contribution in [0.25, 0.3) is 0 Å². The topological polar surface area (TPSA) is 0 Å². The first-order valence-electron chi connectivity index (χ1n) is 2.12. The molecule has 0 rings (SSSR count). The first-order chi connectivity index (χ1) is 3.72. The first kappa shape index (κ1) is 7.72. The highest BCUT2D eigenvalue weighted by molar-refractivity contribution is 4.64. The van der Waals surface area contributed by atoms with E-state index in [0.717, 1.165) is 0 Å². The molecule has 0 fully saturated rings. The molecule has 0 saturated carbocycles. The van der Waals surface area contributed by atoms with Gasteiger partial charge >= 0.3 is 0 Å². The van der Waals surface area contributed by atoms with E-state index >= 15 is 0 Å². The lowest BCUT2D eigenvalue weighted by Gasteiger charge is -2.03. The van der Waals surface area contributed by atoms with Crippen molar-refractivity contribution in [2.24, 2.45) is 0 Å². The number of alkyl halides is 4. The fourth-order valence-electron chi connectivity index (χ4n) is 0.193. The lowest BCUT2D eigenvalue weighted by molar-refractivity contribution is 0.114. The van der Waals surface area contributed by atoms with Crippen molar-refractivity contribution in [3.05, 3.63) is 0 Å². The lowest BCUT2D eigenvalue weighted by Crippen LogP contribution is -2.20. The van der Waals surface area contributed by atoms with Crippen molar-refractivity contribution in [2.45, 2.75) is 12.3 Å². The third-order valence-corrected chi connectivity index (χ3v) is 0.687. The minimum atomic E-state index is -2.29. The predicted octanol–water partition coefficient (Wildman–Crippen LogP) is 1.60. The molecule has 8 heavy (non-hydrogen) atoms. The predicted molar refractivity (Wildman–Crippen MR) is 21.7 cm³/mol. The van der Waals surface area contributed by atoms with Crippen molar-refractivity contribution in [1.82, 2.24) is 0 Å². The summed E-state index contributed by atoms with van der Waals surface area (Å²) in [6, 6.07) is 0. The van der Waals surface area contributed by atoms with Crippen LogP contribution in [0.1, 0.15) is 0 Å². The van der Waals surface area contributed by atoms with Crippen LogP contribution in [0, 0.1) is 0 Å². The third-order valence-electron chi connectivity index (χ3n) is 0.687. The van der Waals surface area contributed by atoms with Crippen LogP contribution < -0.4 is 0 Å². The maximum atomic E-state index is 11.5. The van der Waals surface area contributed by atoms with E-state index in [2.05, 4.69) is 0 Å². The average molecular weight is 130 g/mol. The molecule has 0 aliphatic heterocycles. The van der Waals surface area contributed by atoms with Gasteiger partial charge < -0.3 is 0 Å². The largest absolute Gasteiger partial charge is 0.248 e. The molecule has 4 heteroatoms. The average Bonchev–Trinajstić information content (AvgIpc) is 1.84. The van der Waals surface area contributed by atoms with E-state index in [4.69, 9.17) is 0 Å². The summed E-state index contributed by atoms with van der Waals surface area (Å²) in [5, 5.41) is 0. The smallest absolute Gasteiger partial charge is 0.162 e. The second kappa shape index (κ2) is 3.69. The number of hydrogen-bond acceptors (Lipinski definition) is 0. The Bertz CT molecular complexity index is 48.0. The quantitative estimate of drug-likeness (QED) is 0.509. The van der Waals surface area contributed by atoms with Crippen LogP contribution in [0.5, 0.6) is 0 Å². The zero-order valence-corrected chi connectivity index (χ0v) is 4.08. The summed E-state index contributed by atoms with van der Waals surface area (Å²) in [6.45, 7) is -2.91. The second-order valence-corrected chi connectivity index (χ2v) is 1.34. The second-order valence-electron chi connectivity index (χ2n) is 1.34. The Hall–Kier alpha value is -0.280. The standard InChI is InChI=1S/C4H6F4/c5-1-3(7)4(8)2-6/h3-4H,1-2H2. The minimum absolute atomic E-state index is 1.45. The van der Waals surface area contributed by atoms with Crippen molar-refractivity contribution in [3.8, 4) is 0 Å². The van der Waals surface area contributed by atoms with Crippen molar-refractivity contribution in [1.29, 1.82) is 0 Å². The number of rotatable bonds is 3. The molecule has 0 spiro atoms. The Kier molecular flexibility index (Phi) is 3.56.